The summed E-state index contributed by atoms with van der Waals surface area (Å²) in [5.74, 6) is 3.76. The fourth-order valence-corrected chi connectivity index (χ4v) is 2.62. The molecule has 1 aliphatic carbocycles. The van der Waals surface area contributed by atoms with Crippen LogP contribution in [0.15, 0.2) is 30.3 Å². The Balaban J connectivity index is 2.05. The van der Waals surface area contributed by atoms with Gasteiger partial charge in [0, 0.05) is 0 Å². The van der Waals surface area contributed by atoms with Gasteiger partial charge in [-0.15, -0.1) is 0 Å². The van der Waals surface area contributed by atoms with E-state index in [2.05, 4.69) is 4.84 Å². The van der Waals surface area contributed by atoms with Crippen molar-refractivity contribution in [2.75, 3.05) is 0 Å². The molecule has 1 aromatic rings. The molecule has 0 atom stereocenters. The maximum absolute atomic E-state index is 12.3. The van der Waals surface area contributed by atoms with Crippen molar-refractivity contribution in [1.29, 1.82) is 0 Å². The molecule has 5 nitrogen and oxygen atoms in total. The molecule has 0 bridgehead atoms. The second kappa shape index (κ2) is 6.52. The molecule has 0 aliphatic heterocycles. The minimum absolute atomic E-state index is 0.152. The fraction of sp³-hybridized carbons (Fsp3) is 0.467. The van der Waals surface area contributed by atoms with Gasteiger partial charge < -0.3 is 9.57 Å². The van der Waals surface area contributed by atoms with E-state index in [9.17, 15) is 9.59 Å². The first-order valence-electron chi connectivity index (χ1n) is 6.81. The van der Waals surface area contributed by atoms with Crippen molar-refractivity contribution in [3.63, 3.8) is 0 Å². The molecule has 0 heterocycles. The summed E-state index contributed by atoms with van der Waals surface area (Å²) in [6, 6.07) is 9.35. The van der Waals surface area contributed by atoms with Crippen molar-refractivity contribution in [2.24, 2.45) is 11.3 Å². The van der Waals surface area contributed by atoms with Gasteiger partial charge in [-0.1, -0.05) is 49.6 Å². The second-order valence-corrected chi connectivity index (χ2v) is 5.11. The molecule has 0 spiro atoms. The van der Waals surface area contributed by atoms with Crippen LogP contribution in [0.2, 0.25) is 0 Å². The monoisotopic (exact) mass is 277 g/mol. The minimum atomic E-state index is -1.22. The van der Waals surface area contributed by atoms with E-state index < -0.39 is 17.4 Å². The third-order valence-corrected chi connectivity index (χ3v) is 3.81. The first-order chi connectivity index (χ1) is 9.69. The second-order valence-electron chi connectivity index (χ2n) is 5.11. The van der Waals surface area contributed by atoms with E-state index in [-0.39, 0.29) is 6.61 Å². The number of carbonyl (C=O) groups excluding carboxylic acids is 2. The smallest absolute Gasteiger partial charge is 0.341 e. The fourth-order valence-electron chi connectivity index (χ4n) is 2.62. The Labute approximate surface area is 118 Å². The van der Waals surface area contributed by atoms with Gasteiger partial charge in [0.25, 0.3) is 0 Å². The van der Waals surface area contributed by atoms with Gasteiger partial charge in [-0.3, -0.25) is 4.79 Å². The van der Waals surface area contributed by atoms with E-state index in [0.717, 1.165) is 24.8 Å². The molecular weight excluding hydrogens is 258 g/mol. The third-order valence-electron chi connectivity index (χ3n) is 3.81. The zero-order valence-electron chi connectivity index (χ0n) is 11.3. The van der Waals surface area contributed by atoms with Gasteiger partial charge in [0.05, 0.1) is 0 Å². The van der Waals surface area contributed by atoms with E-state index in [1.165, 1.54) is 0 Å². The van der Waals surface area contributed by atoms with Gasteiger partial charge >= 0.3 is 11.9 Å². The van der Waals surface area contributed by atoms with Gasteiger partial charge in [0.15, 0.2) is 5.41 Å². The van der Waals surface area contributed by atoms with Gasteiger partial charge in [0.1, 0.15) is 6.61 Å². The van der Waals surface area contributed by atoms with Crippen LogP contribution in [0.25, 0.3) is 0 Å². The Kier molecular flexibility index (Phi) is 4.74. The summed E-state index contributed by atoms with van der Waals surface area (Å²) in [5.41, 5.74) is -0.338. The molecule has 0 saturated heterocycles. The topological polar surface area (TPSA) is 78.6 Å². The lowest BCUT2D eigenvalue weighted by atomic mass is 9.74. The molecule has 0 aromatic heterocycles. The average Bonchev–Trinajstić information content (AvgIpc) is 2.53. The molecular formula is C15H19NO4. The summed E-state index contributed by atoms with van der Waals surface area (Å²) in [6.45, 7) is 0.152. The molecule has 0 amide bonds. The number of benzene rings is 1. The van der Waals surface area contributed by atoms with Crippen LogP contribution in [-0.2, 0) is 25.8 Å². The molecule has 1 aromatic carbocycles. The van der Waals surface area contributed by atoms with Gasteiger partial charge in [-0.2, -0.15) is 5.90 Å². The average molecular weight is 277 g/mol. The molecule has 0 unspecified atom stereocenters. The van der Waals surface area contributed by atoms with Crippen molar-refractivity contribution >= 4 is 11.9 Å². The molecule has 1 fully saturated rings. The Morgan fingerprint density at radius 1 is 1.05 bits per heavy atom. The summed E-state index contributed by atoms with van der Waals surface area (Å²) in [5, 5.41) is 0. The van der Waals surface area contributed by atoms with Crippen molar-refractivity contribution in [1.82, 2.24) is 0 Å². The standard InChI is InChI=1S/C15H19NO4/c16-20-14(18)15(9-5-2-6-10-15)13(17)19-11-12-7-3-1-4-8-12/h1,3-4,7-8H,2,5-6,9-11,16H2. The Hall–Kier alpha value is -1.88. The maximum Gasteiger partial charge on any atom is 0.341 e. The summed E-state index contributed by atoms with van der Waals surface area (Å²) < 4.78 is 5.30. The van der Waals surface area contributed by atoms with E-state index >= 15 is 0 Å². The number of ether oxygens (including phenoxy) is 1. The summed E-state index contributed by atoms with van der Waals surface area (Å²) in [7, 11) is 0. The highest BCUT2D eigenvalue weighted by Gasteiger charge is 2.49. The van der Waals surface area contributed by atoms with E-state index in [1.54, 1.807) is 0 Å². The van der Waals surface area contributed by atoms with Gasteiger partial charge in [-0.25, -0.2) is 4.79 Å². The predicted octanol–water partition coefficient (Wildman–Crippen LogP) is 2.10. The molecule has 2 N–H and O–H groups in total. The van der Waals surface area contributed by atoms with Crippen LogP contribution >= 0.6 is 0 Å². The van der Waals surface area contributed by atoms with Crippen LogP contribution < -0.4 is 5.90 Å². The lowest BCUT2D eigenvalue weighted by Gasteiger charge is -2.31. The Bertz CT molecular complexity index is 466. The summed E-state index contributed by atoms with van der Waals surface area (Å²) >= 11 is 0. The van der Waals surface area contributed by atoms with Crippen molar-refractivity contribution in [3.05, 3.63) is 35.9 Å². The van der Waals surface area contributed by atoms with Crippen LogP contribution in [-0.4, -0.2) is 11.9 Å². The highest BCUT2D eigenvalue weighted by atomic mass is 16.7. The normalized spacial score (nSPS) is 17.2. The Morgan fingerprint density at radius 2 is 1.70 bits per heavy atom. The number of hydrogen-bond donors (Lipinski definition) is 1. The number of nitrogens with two attached hydrogens (primary N) is 1. The largest absolute Gasteiger partial charge is 0.460 e. The zero-order valence-corrected chi connectivity index (χ0v) is 11.3. The predicted molar refractivity (Wildman–Crippen MR) is 72.0 cm³/mol. The number of esters is 1. The molecule has 108 valence electrons. The van der Waals surface area contributed by atoms with Crippen LogP contribution in [0.5, 0.6) is 0 Å². The van der Waals surface area contributed by atoms with Crippen LogP contribution in [0.1, 0.15) is 37.7 Å². The first kappa shape index (κ1) is 14.5. The molecule has 5 heteroatoms. The van der Waals surface area contributed by atoms with Gasteiger partial charge in [0.2, 0.25) is 0 Å². The van der Waals surface area contributed by atoms with Crippen molar-refractivity contribution in [2.45, 2.75) is 38.7 Å². The molecule has 1 saturated carbocycles. The minimum Gasteiger partial charge on any atom is -0.460 e. The number of rotatable bonds is 4. The Morgan fingerprint density at radius 3 is 2.30 bits per heavy atom. The van der Waals surface area contributed by atoms with E-state index in [0.29, 0.717) is 12.8 Å². The molecule has 1 aliphatic rings. The summed E-state index contributed by atoms with van der Waals surface area (Å²) in [6.07, 6.45) is 3.49. The third kappa shape index (κ3) is 2.99. The quantitative estimate of drug-likeness (QED) is 0.518. The van der Waals surface area contributed by atoms with Gasteiger partial charge in [-0.05, 0) is 18.4 Å². The van der Waals surface area contributed by atoms with E-state index in [1.807, 2.05) is 30.3 Å². The van der Waals surface area contributed by atoms with Crippen LogP contribution in [0, 0.1) is 5.41 Å². The maximum atomic E-state index is 12.3. The molecule has 0 radical (unpaired) electrons. The number of hydrogen-bond acceptors (Lipinski definition) is 5. The highest BCUT2D eigenvalue weighted by molar-refractivity contribution is 6.00. The molecule has 2 rings (SSSR count). The van der Waals surface area contributed by atoms with E-state index in [4.69, 9.17) is 10.6 Å². The highest BCUT2D eigenvalue weighted by Crippen LogP contribution is 2.38. The molecule has 20 heavy (non-hydrogen) atoms. The van der Waals surface area contributed by atoms with Crippen LogP contribution in [0.3, 0.4) is 0 Å². The SMILES string of the molecule is NOC(=O)C1(C(=O)OCc2ccccc2)CCCCC1. The van der Waals surface area contributed by atoms with Crippen molar-refractivity contribution in [3.8, 4) is 0 Å². The lowest BCUT2D eigenvalue weighted by Crippen LogP contribution is -2.44. The summed E-state index contributed by atoms with van der Waals surface area (Å²) in [4.78, 5) is 28.5. The first-order valence-corrected chi connectivity index (χ1v) is 6.81. The zero-order chi connectivity index (χ0) is 14.4. The lowest BCUT2D eigenvalue weighted by molar-refractivity contribution is -0.176. The number of carbonyl (C=O) groups is 2. The van der Waals surface area contributed by atoms with Crippen LogP contribution in [0.4, 0.5) is 0 Å². The van der Waals surface area contributed by atoms with Crippen molar-refractivity contribution < 1.29 is 19.2 Å².